The zero-order valence-corrected chi connectivity index (χ0v) is 30.2. The number of carbonyl (C=O) groups is 2. The molecular weight excluding hydrogens is 610 g/mol. The van der Waals surface area contributed by atoms with Gasteiger partial charge in [0.25, 0.3) is 0 Å². The number of rotatable bonds is 23. The van der Waals surface area contributed by atoms with Crippen LogP contribution in [0.3, 0.4) is 0 Å². The van der Waals surface area contributed by atoms with Gasteiger partial charge in [-0.15, -0.1) is 0 Å². The molecule has 48 heavy (non-hydrogen) atoms. The second-order valence-electron chi connectivity index (χ2n) is 12.9. The van der Waals surface area contributed by atoms with Crippen molar-refractivity contribution >= 4 is 18.0 Å². The normalized spacial score (nSPS) is 13.9. The Balaban J connectivity index is 1.59. The molecule has 0 fully saturated rings. The maximum atomic E-state index is 12.7. The predicted molar refractivity (Wildman–Crippen MR) is 188 cm³/mol. The molecule has 1 aliphatic rings. The summed E-state index contributed by atoms with van der Waals surface area (Å²) < 4.78 is 15.4. The summed E-state index contributed by atoms with van der Waals surface area (Å²) in [5, 5.41) is 0. The van der Waals surface area contributed by atoms with Crippen LogP contribution in [0.2, 0.25) is 0 Å². The first-order chi connectivity index (χ1) is 23.1. The van der Waals surface area contributed by atoms with Gasteiger partial charge in [0.1, 0.15) is 11.7 Å². The van der Waals surface area contributed by atoms with Crippen LogP contribution in [0.1, 0.15) is 83.7 Å². The summed E-state index contributed by atoms with van der Waals surface area (Å²) >= 11 is 0. The third-order valence-electron chi connectivity index (χ3n) is 8.10. The predicted octanol–water partition coefficient (Wildman–Crippen LogP) is 5.30. The molecule has 1 aromatic carbocycles. The minimum Gasteiger partial charge on any atom is -0.431 e. The van der Waals surface area contributed by atoms with Gasteiger partial charge >= 0.3 is 12.1 Å². The summed E-state index contributed by atoms with van der Waals surface area (Å²) in [6.07, 6.45) is 6.14. The van der Waals surface area contributed by atoms with E-state index in [0.717, 1.165) is 96.2 Å². The smallest absolute Gasteiger partial charge is 0.431 e. The lowest BCUT2D eigenvalue weighted by molar-refractivity contribution is -0.168. The quantitative estimate of drug-likeness (QED) is 0.0950. The number of nitrogens with one attached hydrogen (secondary N) is 1. The highest BCUT2D eigenvalue weighted by Crippen LogP contribution is 2.14. The first kappa shape index (κ1) is 39.0. The van der Waals surface area contributed by atoms with Crippen LogP contribution >= 0.6 is 0 Å². The fraction of sp³-hybridized carbons (Fsp3) is 0.667. The van der Waals surface area contributed by atoms with Gasteiger partial charge < -0.3 is 29.0 Å². The molecule has 0 amide bonds. The molecule has 0 saturated carbocycles. The molecule has 1 aliphatic heterocycles. The van der Waals surface area contributed by atoms with Crippen LogP contribution in [0.15, 0.2) is 41.7 Å². The molecule has 0 radical (unpaired) electrons. The molecule has 268 valence electrons. The number of esters is 1. The van der Waals surface area contributed by atoms with Crippen molar-refractivity contribution in [2.24, 2.45) is 4.99 Å². The van der Waals surface area contributed by atoms with Crippen LogP contribution in [-0.2, 0) is 38.6 Å². The Morgan fingerprint density at radius 2 is 1.48 bits per heavy atom. The molecule has 3 rings (SSSR count). The van der Waals surface area contributed by atoms with Crippen LogP contribution in [0, 0.1) is 0 Å². The van der Waals surface area contributed by atoms with Crippen molar-refractivity contribution in [3.05, 3.63) is 53.6 Å². The SMILES string of the molecule is CCCN(CCC)CCCCN(CCC(=O)OC(C)OC(=O)OC(C)C)Cc1ccc(CN(CC2=NCCN2C)Cc2ncc[nH]2)cc1. The highest BCUT2D eigenvalue weighted by atomic mass is 16.8. The van der Waals surface area contributed by atoms with E-state index in [9.17, 15) is 9.59 Å². The van der Waals surface area contributed by atoms with E-state index in [0.29, 0.717) is 13.1 Å². The Labute approximate surface area is 287 Å². The Hall–Kier alpha value is -3.48. The van der Waals surface area contributed by atoms with E-state index in [-0.39, 0.29) is 12.5 Å². The first-order valence-corrected chi connectivity index (χ1v) is 17.7. The number of hydrogen-bond acceptors (Lipinski definition) is 11. The standard InChI is InChI=1S/C36H59N7O5/c1-7-19-41(20-8-2)21-9-10-22-42(23-15-35(44)47-30(5)48-36(45)46-29(3)4)25-31-11-13-32(14-12-31)26-43(27-33-37-16-17-38-33)28-34-39-18-24-40(34)6/h11-14,16-17,29-30H,7-10,15,18-28H2,1-6H3,(H,37,38). The molecule has 0 aliphatic carbocycles. The molecule has 12 heteroatoms. The van der Waals surface area contributed by atoms with Crippen molar-refractivity contribution in [2.75, 3.05) is 59.4 Å². The molecule has 0 bridgehead atoms. The van der Waals surface area contributed by atoms with Crippen molar-refractivity contribution in [3.8, 4) is 0 Å². The largest absolute Gasteiger partial charge is 0.511 e. The van der Waals surface area contributed by atoms with Crippen LogP contribution in [0.25, 0.3) is 0 Å². The number of imidazole rings is 1. The van der Waals surface area contributed by atoms with E-state index in [2.05, 4.69) is 74.7 Å². The van der Waals surface area contributed by atoms with E-state index in [1.165, 1.54) is 18.1 Å². The van der Waals surface area contributed by atoms with Crippen LogP contribution in [0.5, 0.6) is 0 Å². The summed E-state index contributed by atoms with van der Waals surface area (Å²) in [4.78, 5) is 46.3. The van der Waals surface area contributed by atoms with Gasteiger partial charge in [-0.3, -0.25) is 19.6 Å². The number of unbranched alkanes of at least 4 members (excludes halogenated alkanes) is 1. The Kier molecular flexibility index (Phi) is 17.4. The van der Waals surface area contributed by atoms with E-state index in [1.807, 2.05) is 6.20 Å². The van der Waals surface area contributed by atoms with Crippen LogP contribution < -0.4 is 0 Å². The molecule has 2 heterocycles. The van der Waals surface area contributed by atoms with Gasteiger partial charge in [0.15, 0.2) is 0 Å². The highest BCUT2D eigenvalue weighted by Gasteiger charge is 2.19. The third kappa shape index (κ3) is 15.2. The van der Waals surface area contributed by atoms with Gasteiger partial charge in [0, 0.05) is 52.5 Å². The fourth-order valence-corrected chi connectivity index (χ4v) is 5.76. The number of aromatic nitrogens is 2. The van der Waals surface area contributed by atoms with Crippen molar-refractivity contribution in [1.29, 1.82) is 0 Å². The van der Waals surface area contributed by atoms with Crippen LogP contribution in [-0.4, -0.2) is 119 Å². The first-order valence-electron chi connectivity index (χ1n) is 17.7. The third-order valence-corrected chi connectivity index (χ3v) is 8.10. The van der Waals surface area contributed by atoms with Gasteiger partial charge in [0.2, 0.25) is 6.29 Å². The zero-order chi connectivity index (χ0) is 34.7. The number of amidine groups is 1. The van der Waals surface area contributed by atoms with Crippen molar-refractivity contribution < 1.29 is 23.8 Å². The van der Waals surface area contributed by atoms with E-state index < -0.39 is 18.4 Å². The summed E-state index contributed by atoms with van der Waals surface area (Å²) in [5.41, 5.74) is 2.41. The zero-order valence-electron chi connectivity index (χ0n) is 30.2. The molecule has 1 N–H and O–H groups in total. The lowest BCUT2D eigenvalue weighted by atomic mass is 10.1. The van der Waals surface area contributed by atoms with E-state index in [4.69, 9.17) is 19.2 Å². The van der Waals surface area contributed by atoms with E-state index >= 15 is 0 Å². The van der Waals surface area contributed by atoms with Crippen molar-refractivity contribution in [2.45, 2.75) is 98.8 Å². The molecule has 1 aromatic heterocycles. The number of carbonyl (C=O) groups excluding carboxylic acids is 2. The van der Waals surface area contributed by atoms with Gasteiger partial charge in [-0.2, -0.15) is 0 Å². The second-order valence-corrected chi connectivity index (χ2v) is 12.9. The average molecular weight is 670 g/mol. The average Bonchev–Trinajstić information content (AvgIpc) is 3.69. The monoisotopic (exact) mass is 669 g/mol. The Morgan fingerprint density at radius 1 is 0.833 bits per heavy atom. The summed E-state index contributed by atoms with van der Waals surface area (Å²) in [6, 6.07) is 8.76. The number of H-pyrrole nitrogens is 1. The van der Waals surface area contributed by atoms with Crippen LogP contribution in [0.4, 0.5) is 4.79 Å². The Morgan fingerprint density at radius 3 is 2.04 bits per heavy atom. The molecule has 0 saturated heterocycles. The fourth-order valence-electron chi connectivity index (χ4n) is 5.76. The number of likely N-dealkylation sites (N-methyl/N-ethyl adjacent to an activating group) is 1. The maximum Gasteiger partial charge on any atom is 0.511 e. The number of benzene rings is 1. The van der Waals surface area contributed by atoms with Gasteiger partial charge in [-0.05, 0) is 76.8 Å². The highest BCUT2D eigenvalue weighted by molar-refractivity contribution is 5.85. The second kappa shape index (κ2) is 21.5. The lowest BCUT2D eigenvalue weighted by Crippen LogP contribution is -2.36. The number of aliphatic imine (C=N–C) groups is 1. The van der Waals surface area contributed by atoms with Gasteiger partial charge in [-0.25, -0.2) is 9.78 Å². The lowest BCUT2D eigenvalue weighted by Gasteiger charge is -2.25. The number of hydrogen-bond donors (Lipinski definition) is 1. The minimum atomic E-state index is -1.01. The van der Waals surface area contributed by atoms with Gasteiger partial charge in [-0.1, -0.05) is 38.1 Å². The topological polar surface area (TPSA) is 116 Å². The molecule has 12 nitrogen and oxygen atoms in total. The molecular formula is C36H59N7O5. The molecule has 0 spiro atoms. The number of ether oxygens (including phenoxy) is 3. The number of nitrogens with zero attached hydrogens (tertiary/aromatic N) is 6. The maximum absolute atomic E-state index is 12.7. The molecule has 1 unspecified atom stereocenters. The summed E-state index contributed by atoms with van der Waals surface area (Å²) in [6.45, 7) is 19.0. The molecule has 2 aromatic rings. The van der Waals surface area contributed by atoms with E-state index in [1.54, 1.807) is 20.0 Å². The Bertz CT molecular complexity index is 1220. The molecule has 1 atom stereocenters. The van der Waals surface area contributed by atoms with Crippen molar-refractivity contribution in [3.63, 3.8) is 0 Å². The summed E-state index contributed by atoms with van der Waals surface area (Å²) in [7, 11) is 2.10. The van der Waals surface area contributed by atoms with Crippen molar-refractivity contribution in [1.82, 2.24) is 29.6 Å². The minimum absolute atomic E-state index is 0.197. The summed E-state index contributed by atoms with van der Waals surface area (Å²) in [5.74, 6) is 1.63. The number of aromatic amines is 1. The van der Waals surface area contributed by atoms with Gasteiger partial charge in [0.05, 0.1) is 32.2 Å².